The number of hydrogen-bond donors (Lipinski definition) is 2. The lowest BCUT2D eigenvalue weighted by molar-refractivity contribution is -0.129. The summed E-state index contributed by atoms with van der Waals surface area (Å²) in [5, 5.41) is 6.01. The Morgan fingerprint density at radius 2 is 1.71 bits per heavy atom. The summed E-state index contributed by atoms with van der Waals surface area (Å²) in [7, 11) is 0. The van der Waals surface area contributed by atoms with Crippen molar-refractivity contribution in [2.45, 2.75) is 70.8 Å². The molecule has 1 fully saturated rings. The zero-order valence-corrected chi connectivity index (χ0v) is 19.2. The number of carbonyl (C=O) groups excluding carboxylic acids is 2. The Morgan fingerprint density at radius 1 is 1.00 bits per heavy atom. The Bertz CT molecular complexity index is 618. The lowest BCUT2D eigenvalue weighted by atomic mass is 10.0. The van der Waals surface area contributed by atoms with Crippen molar-refractivity contribution in [2.75, 3.05) is 39.4 Å². The molecule has 1 heterocycles. The van der Waals surface area contributed by atoms with Crippen LogP contribution < -0.4 is 10.6 Å². The van der Waals surface area contributed by atoms with E-state index in [9.17, 15) is 9.59 Å². The van der Waals surface area contributed by atoms with E-state index in [2.05, 4.69) is 22.5 Å². The van der Waals surface area contributed by atoms with Crippen LogP contribution in [0.5, 0.6) is 0 Å². The number of ether oxygens (including phenoxy) is 1. The number of morpholine rings is 1. The molecule has 174 valence electrons. The van der Waals surface area contributed by atoms with Crippen molar-refractivity contribution in [1.29, 1.82) is 0 Å². The summed E-state index contributed by atoms with van der Waals surface area (Å²) in [5.74, 6) is -0.123. The summed E-state index contributed by atoms with van der Waals surface area (Å²) in [5.41, 5.74) is 1.05. The van der Waals surface area contributed by atoms with Crippen LogP contribution in [0, 0.1) is 0 Å². The van der Waals surface area contributed by atoms with Crippen molar-refractivity contribution in [1.82, 2.24) is 15.5 Å². The van der Waals surface area contributed by atoms with E-state index in [1.54, 1.807) is 0 Å². The SMILES string of the molecule is CCCCCCCCC(=O)NC(Cc1ccccc1)C(=O)NCCCN1CCOCC1. The molecule has 1 aliphatic heterocycles. The molecular formula is C25H41N3O3. The molecule has 0 aromatic heterocycles. The van der Waals surface area contributed by atoms with Crippen molar-refractivity contribution in [3.05, 3.63) is 35.9 Å². The molecule has 6 nitrogen and oxygen atoms in total. The molecule has 0 radical (unpaired) electrons. The summed E-state index contributed by atoms with van der Waals surface area (Å²) < 4.78 is 5.37. The second-order valence-corrected chi connectivity index (χ2v) is 8.43. The van der Waals surface area contributed by atoms with Gasteiger partial charge in [0.05, 0.1) is 13.2 Å². The number of nitrogens with zero attached hydrogens (tertiary/aromatic N) is 1. The molecule has 0 aliphatic carbocycles. The maximum atomic E-state index is 12.8. The fraction of sp³-hybridized carbons (Fsp3) is 0.680. The molecule has 31 heavy (non-hydrogen) atoms. The number of amides is 2. The van der Waals surface area contributed by atoms with Crippen molar-refractivity contribution in [3.63, 3.8) is 0 Å². The van der Waals surface area contributed by atoms with Gasteiger partial charge in [0, 0.05) is 32.5 Å². The molecule has 2 amide bonds. The number of nitrogens with one attached hydrogen (secondary N) is 2. The van der Waals surface area contributed by atoms with Gasteiger partial charge in [-0.25, -0.2) is 0 Å². The molecule has 1 unspecified atom stereocenters. The van der Waals surface area contributed by atoms with Crippen LogP contribution in [0.2, 0.25) is 0 Å². The lowest BCUT2D eigenvalue weighted by Gasteiger charge is -2.26. The van der Waals surface area contributed by atoms with Crippen LogP contribution in [0.3, 0.4) is 0 Å². The van der Waals surface area contributed by atoms with Gasteiger partial charge in [0.1, 0.15) is 6.04 Å². The normalized spacial score (nSPS) is 15.4. The molecule has 0 saturated carbocycles. The molecule has 2 N–H and O–H groups in total. The first-order chi connectivity index (χ1) is 15.2. The first kappa shape index (κ1) is 25.3. The van der Waals surface area contributed by atoms with Crippen LogP contribution in [-0.2, 0) is 20.7 Å². The Balaban J connectivity index is 1.75. The molecule has 0 spiro atoms. The first-order valence-corrected chi connectivity index (χ1v) is 12.1. The van der Waals surface area contributed by atoms with Gasteiger partial charge in [0.2, 0.25) is 11.8 Å². The van der Waals surface area contributed by atoms with Crippen molar-refractivity contribution >= 4 is 11.8 Å². The van der Waals surface area contributed by atoms with Crippen molar-refractivity contribution in [2.24, 2.45) is 0 Å². The van der Waals surface area contributed by atoms with Gasteiger partial charge in [-0.2, -0.15) is 0 Å². The maximum absolute atomic E-state index is 12.8. The predicted molar refractivity (Wildman–Crippen MR) is 125 cm³/mol. The van der Waals surface area contributed by atoms with Crippen LogP contribution in [0.4, 0.5) is 0 Å². The largest absolute Gasteiger partial charge is 0.379 e. The number of unbranched alkanes of at least 4 members (excludes halogenated alkanes) is 5. The van der Waals surface area contributed by atoms with E-state index in [4.69, 9.17) is 4.74 Å². The third-order valence-corrected chi connectivity index (χ3v) is 5.75. The molecule has 1 saturated heterocycles. The van der Waals surface area contributed by atoms with Gasteiger partial charge in [-0.3, -0.25) is 14.5 Å². The number of carbonyl (C=O) groups is 2. The summed E-state index contributed by atoms with van der Waals surface area (Å²) in [6, 6.07) is 9.35. The number of hydrogen-bond acceptors (Lipinski definition) is 4. The molecule has 1 aliphatic rings. The summed E-state index contributed by atoms with van der Waals surface area (Å²) in [4.78, 5) is 27.6. The van der Waals surface area contributed by atoms with Crippen LogP contribution in [0.1, 0.15) is 63.9 Å². The van der Waals surface area contributed by atoms with E-state index < -0.39 is 6.04 Å². The van der Waals surface area contributed by atoms with Crippen LogP contribution in [-0.4, -0.2) is 62.1 Å². The average molecular weight is 432 g/mol. The highest BCUT2D eigenvalue weighted by Crippen LogP contribution is 2.08. The molecule has 2 rings (SSSR count). The molecule has 1 aromatic carbocycles. The third-order valence-electron chi connectivity index (χ3n) is 5.75. The topological polar surface area (TPSA) is 70.7 Å². The van der Waals surface area contributed by atoms with Gasteiger partial charge >= 0.3 is 0 Å². The third kappa shape index (κ3) is 11.3. The predicted octanol–water partition coefficient (Wildman–Crippen LogP) is 3.30. The Morgan fingerprint density at radius 3 is 2.45 bits per heavy atom. The molecule has 6 heteroatoms. The van der Waals surface area contributed by atoms with Crippen LogP contribution in [0.25, 0.3) is 0 Å². The standard InChI is InChI=1S/C25H41N3O3/c1-2-3-4-5-6-10-14-24(29)27-23(21-22-12-8-7-9-13-22)25(30)26-15-11-16-28-17-19-31-20-18-28/h7-9,12-13,23H,2-6,10-11,14-21H2,1H3,(H,26,30)(H,27,29). The summed E-state index contributed by atoms with van der Waals surface area (Å²) in [6.07, 6.45) is 8.76. The Hall–Kier alpha value is -1.92. The quantitative estimate of drug-likeness (QED) is 0.418. The average Bonchev–Trinajstić information content (AvgIpc) is 2.80. The minimum absolute atomic E-state index is 0.0279. The minimum atomic E-state index is -0.529. The maximum Gasteiger partial charge on any atom is 0.242 e. The van der Waals surface area contributed by atoms with Gasteiger partial charge in [-0.15, -0.1) is 0 Å². The van der Waals surface area contributed by atoms with Gasteiger partial charge in [0.15, 0.2) is 0 Å². The van der Waals surface area contributed by atoms with Crippen LogP contribution >= 0.6 is 0 Å². The Kier molecular flexibility index (Phi) is 12.9. The zero-order valence-electron chi connectivity index (χ0n) is 19.2. The molecule has 0 bridgehead atoms. The Labute approximate surface area is 188 Å². The highest BCUT2D eigenvalue weighted by atomic mass is 16.5. The van der Waals surface area contributed by atoms with E-state index in [1.807, 2.05) is 30.3 Å². The minimum Gasteiger partial charge on any atom is -0.379 e. The highest BCUT2D eigenvalue weighted by molar-refractivity contribution is 5.87. The van der Waals surface area contributed by atoms with E-state index in [-0.39, 0.29) is 11.8 Å². The van der Waals surface area contributed by atoms with Gasteiger partial charge < -0.3 is 15.4 Å². The van der Waals surface area contributed by atoms with E-state index in [0.717, 1.165) is 57.7 Å². The van der Waals surface area contributed by atoms with E-state index in [1.165, 1.54) is 25.7 Å². The smallest absolute Gasteiger partial charge is 0.242 e. The number of benzene rings is 1. The molecule has 1 aromatic rings. The number of rotatable bonds is 15. The lowest BCUT2D eigenvalue weighted by Crippen LogP contribution is -2.48. The van der Waals surface area contributed by atoms with Crippen molar-refractivity contribution < 1.29 is 14.3 Å². The second kappa shape index (κ2) is 15.8. The monoisotopic (exact) mass is 431 g/mol. The fourth-order valence-electron chi connectivity index (χ4n) is 3.85. The second-order valence-electron chi connectivity index (χ2n) is 8.43. The first-order valence-electron chi connectivity index (χ1n) is 12.1. The van der Waals surface area contributed by atoms with Gasteiger partial charge in [-0.05, 0) is 24.9 Å². The summed E-state index contributed by atoms with van der Waals surface area (Å²) in [6.45, 7) is 7.27. The molecular weight excluding hydrogens is 390 g/mol. The zero-order chi connectivity index (χ0) is 22.2. The summed E-state index contributed by atoms with van der Waals surface area (Å²) >= 11 is 0. The fourth-order valence-corrected chi connectivity index (χ4v) is 3.85. The van der Waals surface area contributed by atoms with Crippen molar-refractivity contribution in [3.8, 4) is 0 Å². The molecule has 1 atom stereocenters. The van der Waals surface area contributed by atoms with E-state index >= 15 is 0 Å². The van der Waals surface area contributed by atoms with Gasteiger partial charge in [0.25, 0.3) is 0 Å². The van der Waals surface area contributed by atoms with Gasteiger partial charge in [-0.1, -0.05) is 69.4 Å². The van der Waals surface area contributed by atoms with Crippen LogP contribution in [0.15, 0.2) is 30.3 Å². The highest BCUT2D eigenvalue weighted by Gasteiger charge is 2.21. The van der Waals surface area contributed by atoms with E-state index in [0.29, 0.717) is 19.4 Å².